The molecule has 3 nitrogen and oxygen atoms in total. The minimum Gasteiger partial charge on any atom is -0.368 e. The largest absolute Gasteiger partial charge is 0.368 e. The van der Waals surface area contributed by atoms with E-state index in [-0.39, 0.29) is 0 Å². The average Bonchev–Trinajstić information content (AvgIpc) is 2.69. The summed E-state index contributed by atoms with van der Waals surface area (Å²) in [6, 6.07) is 9.78. The Balaban J connectivity index is 2.09. The first-order chi connectivity index (χ1) is 9.11. The predicted molar refractivity (Wildman–Crippen MR) is 82.1 cm³/mol. The molecule has 3 rings (SSSR count). The lowest BCUT2D eigenvalue weighted by molar-refractivity contribution is 1.12. The zero-order chi connectivity index (χ0) is 13.4. The second-order valence-corrected chi connectivity index (χ2v) is 6.76. The molecule has 1 aromatic carbocycles. The fourth-order valence-corrected chi connectivity index (χ4v) is 3.92. The molecule has 96 valence electrons. The van der Waals surface area contributed by atoms with Gasteiger partial charge >= 0.3 is 0 Å². The summed E-state index contributed by atoms with van der Waals surface area (Å²) in [6.07, 6.45) is 0. The molecule has 0 saturated heterocycles. The minimum atomic E-state index is 0.305. The van der Waals surface area contributed by atoms with Crippen molar-refractivity contribution < 1.29 is 0 Å². The molecule has 0 fully saturated rings. The van der Waals surface area contributed by atoms with Crippen molar-refractivity contribution in [3.05, 3.63) is 40.2 Å². The Bertz CT molecular complexity index is 755. The Morgan fingerprint density at radius 3 is 2.89 bits per heavy atom. The summed E-state index contributed by atoms with van der Waals surface area (Å²) in [7, 11) is 0. The van der Waals surface area contributed by atoms with E-state index in [4.69, 9.17) is 17.3 Å². The molecule has 3 aromatic rings. The van der Waals surface area contributed by atoms with E-state index in [0.29, 0.717) is 11.0 Å². The van der Waals surface area contributed by atoms with Gasteiger partial charge in [-0.05, 0) is 31.2 Å². The first-order valence-corrected chi connectivity index (χ1v) is 7.60. The van der Waals surface area contributed by atoms with Crippen LogP contribution in [0.2, 0.25) is 5.02 Å². The average molecular weight is 308 g/mol. The summed E-state index contributed by atoms with van der Waals surface area (Å²) in [5, 5.41) is 2.63. The van der Waals surface area contributed by atoms with Crippen molar-refractivity contribution in [2.45, 2.75) is 16.8 Å². The van der Waals surface area contributed by atoms with Gasteiger partial charge in [-0.3, -0.25) is 0 Å². The smallest absolute Gasteiger partial charge is 0.222 e. The number of thiophene rings is 1. The number of benzene rings is 1. The maximum atomic E-state index is 6.00. The third-order valence-corrected chi connectivity index (χ3v) is 4.68. The van der Waals surface area contributed by atoms with Gasteiger partial charge in [0, 0.05) is 20.2 Å². The van der Waals surface area contributed by atoms with Crippen molar-refractivity contribution in [1.29, 1.82) is 0 Å². The van der Waals surface area contributed by atoms with E-state index in [1.807, 2.05) is 24.3 Å². The number of nitrogens with two attached hydrogens (primary N) is 1. The summed E-state index contributed by atoms with van der Waals surface area (Å²) in [4.78, 5) is 11.8. The van der Waals surface area contributed by atoms with Gasteiger partial charge in [-0.15, -0.1) is 11.3 Å². The molecule has 0 unspecified atom stereocenters. The van der Waals surface area contributed by atoms with Crippen molar-refractivity contribution in [2.24, 2.45) is 0 Å². The summed E-state index contributed by atoms with van der Waals surface area (Å²) >= 11 is 9.17. The van der Waals surface area contributed by atoms with E-state index < -0.39 is 0 Å². The zero-order valence-corrected chi connectivity index (χ0v) is 12.4. The highest BCUT2D eigenvalue weighted by atomic mass is 35.5. The number of fused-ring (bicyclic) bond motifs is 1. The fraction of sp³-hybridized carbons (Fsp3) is 0.0769. The number of hydrogen-bond acceptors (Lipinski definition) is 5. The highest BCUT2D eigenvalue weighted by Crippen LogP contribution is 2.36. The number of nitrogens with zero attached hydrogens (tertiary/aromatic N) is 2. The third-order valence-electron chi connectivity index (χ3n) is 2.51. The van der Waals surface area contributed by atoms with Gasteiger partial charge in [0.2, 0.25) is 5.95 Å². The standard InChI is InChI=1S/C13H10ClN3S2/c1-7-5-10-11(18-7)16-13(15)17-12(10)19-9-4-2-3-8(14)6-9/h2-6H,1H3,(H2,15,16,17). The Hall–Kier alpha value is -1.30. The van der Waals surface area contributed by atoms with E-state index in [9.17, 15) is 0 Å². The lowest BCUT2D eigenvalue weighted by atomic mass is 10.4. The second kappa shape index (κ2) is 5.00. The monoisotopic (exact) mass is 307 g/mol. The molecule has 0 amide bonds. The first-order valence-electron chi connectivity index (χ1n) is 5.59. The van der Waals surface area contributed by atoms with E-state index >= 15 is 0 Å². The molecular formula is C13H10ClN3S2. The van der Waals surface area contributed by atoms with Crippen molar-refractivity contribution in [2.75, 3.05) is 5.73 Å². The lowest BCUT2D eigenvalue weighted by Gasteiger charge is -2.03. The SMILES string of the molecule is Cc1cc2c(Sc3cccc(Cl)c3)nc(N)nc2s1. The van der Waals surface area contributed by atoms with Crippen molar-refractivity contribution in [3.8, 4) is 0 Å². The van der Waals surface area contributed by atoms with E-state index in [0.717, 1.165) is 20.1 Å². The van der Waals surface area contributed by atoms with Crippen LogP contribution in [0.15, 0.2) is 40.3 Å². The number of hydrogen-bond donors (Lipinski definition) is 1. The molecule has 0 atom stereocenters. The highest BCUT2D eigenvalue weighted by molar-refractivity contribution is 7.99. The first kappa shape index (κ1) is 12.7. The Morgan fingerprint density at radius 1 is 1.26 bits per heavy atom. The van der Waals surface area contributed by atoms with Crippen molar-refractivity contribution in [1.82, 2.24) is 9.97 Å². The second-order valence-electron chi connectivity index (χ2n) is 4.02. The summed E-state index contributed by atoms with van der Waals surface area (Å²) in [6.45, 7) is 2.05. The van der Waals surface area contributed by atoms with Gasteiger partial charge in [0.1, 0.15) is 9.86 Å². The molecule has 19 heavy (non-hydrogen) atoms. The van der Waals surface area contributed by atoms with Crippen LogP contribution in [0, 0.1) is 6.92 Å². The number of rotatable bonds is 2. The van der Waals surface area contributed by atoms with Gasteiger partial charge in [-0.25, -0.2) is 9.97 Å². The van der Waals surface area contributed by atoms with E-state index in [2.05, 4.69) is 23.0 Å². The maximum Gasteiger partial charge on any atom is 0.222 e. The molecule has 2 N–H and O–H groups in total. The number of nitrogen functional groups attached to an aromatic ring is 1. The van der Waals surface area contributed by atoms with Gasteiger partial charge in [0.25, 0.3) is 0 Å². The van der Waals surface area contributed by atoms with Crippen LogP contribution in [0.1, 0.15) is 4.88 Å². The van der Waals surface area contributed by atoms with E-state index in [1.165, 1.54) is 4.88 Å². The van der Waals surface area contributed by atoms with Crippen LogP contribution in [-0.2, 0) is 0 Å². The summed E-state index contributed by atoms with van der Waals surface area (Å²) in [5.41, 5.74) is 5.76. The van der Waals surface area contributed by atoms with Gasteiger partial charge in [-0.1, -0.05) is 29.4 Å². The molecule has 0 radical (unpaired) electrons. The molecule has 2 heterocycles. The van der Waals surface area contributed by atoms with Crippen LogP contribution >= 0.6 is 34.7 Å². The van der Waals surface area contributed by atoms with Gasteiger partial charge in [0.05, 0.1) is 0 Å². The molecule has 0 saturated carbocycles. The molecule has 0 aliphatic rings. The lowest BCUT2D eigenvalue weighted by Crippen LogP contribution is -1.95. The van der Waals surface area contributed by atoms with E-state index in [1.54, 1.807) is 23.1 Å². The van der Waals surface area contributed by atoms with Crippen molar-refractivity contribution >= 4 is 50.9 Å². The molecule has 0 aliphatic heterocycles. The van der Waals surface area contributed by atoms with Gasteiger partial charge in [-0.2, -0.15) is 0 Å². The van der Waals surface area contributed by atoms with Gasteiger partial charge in [0.15, 0.2) is 0 Å². The fourth-order valence-electron chi connectivity index (χ4n) is 1.75. The molecule has 0 bridgehead atoms. The molecule has 6 heteroatoms. The molecule has 0 spiro atoms. The number of anilines is 1. The molecular weight excluding hydrogens is 298 g/mol. The Morgan fingerprint density at radius 2 is 2.11 bits per heavy atom. The number of aromatic nitrogens is 2. The normalized spacial score (nSPS) is 11.1. The predicted octanol–water partition coefficient (Wildman–Crippen LogP) is 4.39. The zero-order valence-electron chi connectivity index (χ0n) is 10.1. The van der Waals surface area contributed by atoms with Crippen LogP contribution in [0.25, 0.3) is 10.2 Å². The molecule has 2 aromatic heterocycles. The van der Waals surface area contributed by atoms with Crippen LogP contribution < -0.4 is 5.73 Å². The third kappa shape index (κ3) is 2.68. The quantitative estimate of drug-likeness (QED) is 0.714. The van der Waals surface area contributed by atoms with Crippen LogP contribution in [0.3, 0.4) is 0 Å². The topological polar surface area (TPSA) is 51.8 Å². The van der Waals surface area contributed by atoms with Crippen LogP contribution in [-0.4, -0.2) is 9.97 Å². The molecule has 0 aliphatic carbocycles. The van der Waals surface area contributed by atoms with Crippen LogP contribution in [0.5, 0.6) is 0 Å². The Labute approximate surface area is 123 Å². The van der Waals surface area contributed by atoms with Gasteiger partial charge < -0.3 is 5.73 Å². The Kier molecular flexibility index (Phi) is 3.35. The van der Waals surface area contributed by atoms with Crippen molar-refractivity contribution in [3.63, 3.8) is 0 Å². The summed E-state index contributed by atoms with van der Waals surface area (Å²) < 4.78 is 0. The number of aryl methyl sites for hydroxylation is 1. The minimum absolute atomic E-state index is 0.305. The maximum absolute atomic E-state index is 6.00. The summed E-state index contributed by atoms with van der Waals surface area (Å²) in [5.74, 6) is 0.305. The van der Waals surface area contributed by atoms with Crippen LogP contribution in [0.4, 0.5) is 5.95 Å². The number of halogens is 1. The highest BCUT2D eigenvalue weighted by Gasteiger charge is 2.10.